The van der Waals surface area contributed by atoms with Crippen LogP contribution in [0.5, 0.6) is 0 Å². The third kappa shape index (κ3) is 4.28. The first kappa shape index (κ1) is 13.1. The maximum atomic E-state index is 11.6. The number of carbonyl (C=O) groups excluding carboxylic acids is 1. The van der Waals surface area contributed by atoms with Gasteiger partial charge in [-0.25, -0.2) is 0 Å². The maximum absolute atomic E-state index is 11.6. The molecule has 1 aromatic heterocycles. The molecule has 0 radical (unpaired) electrons. The predicted octanol–water partition coefficient (Wildman–Crippen LogP) is 2.60. The van der Waals surface area contributed by atoms with Crippen LogP contribution in [0, 0.1) is 0 Å². The van der Waals surface area contributed by atoms with Crippen LogP contribution in [0.25, 0.3) is 0 Å². The second kappa shape index (κ2) is 6.60. The molecule has 0 aliphatic carbocycles. The van der Waals surface area contributed by atoms with Crippen molar-refractivity contribution >= 4 is 27.5 Å². The number of nitrogens with one attached hydrogen (secondary N) is 1. The SMILES string of the molecule is COC(C)CCC(=O)Nc1ccncc1Br. The van der Waals surface area contributed by atoms with Crippen molar-refractivity contribution < 1.29 is 9.53 Å². The number of hydrogen-bond donors (Lipinski definition) is 1. The quantitative estimate of drug-likeness (QED) is 0.905. The zero-order valence-electron chi connectivity index (χ0n) is 9.37. The minimum absolute atomic E-state index is 0.0178. The summed E-state index contributed by atoms with van der Waals surface area (Å²) < 4.78 is 5.86. The van der Waals surface area contributed by atoms with E-state index in [1.807, 2.05) is 6.92 Å². The molecule has 0 saturated heterocycles. The molecule has 0 aromatic carbocycles. The van der Waals surface area contributed by atoms with E-state index in [-0.39, 0.29) is 12.0 Å². The Bertz CT molecular complexity index is 358. The monoisotopic (exact) mass is 286 g/mol. The van der Waals surface area contributed by atoms with Crippen LogP contribution < -0.4 is 5.32 Å². The fourth-order valence-corrected chi connectivity index (χ4v) is 1.49. The smallest absolute Gasteiger partial charge is 0.224 e. The van der Waals surface area contributed by atoms with Gasteiger partial charge in [0.2, 0.25) is 5.91 Å². The molecule has 1 heterocycles. The van der Waals surface area contributed by atoms with Crippen molar-refractivity contribution in [2.24, 2.45) is 0 Å². The molecule has 1 rings (SSSR count). The second-order valence-electron chi connectivity index (χ2n) is 3.49. The number of anilines is 1. The predicted molar refractivity (Wildman–Crippen MR) is 66.3 cm³/mol. The Morgan fingerprint density at radius 1 is 1.69 bits per heavy atom. The highest BCUT2D eigenvalue weighted by molar-refractivity contribution is 9.10. The first-order valence-electron chi connectivity index (χ1n) is 5.05. The number of pyridine rings is 1. The van der Waals surface area contributed by atoms with E-state index in [1.54, 1.807) is 25.6 Å². The van der Waals surface area contributed by atoms with Gasteiger partial charge in [-0.15, -0.1) is 0 Å². The molecule has 0 aliphatic heterocycles. The van der Waals surface area contributed by atoms with Crippen molar-refractivity contribution in [3.8, 4) is 0 Å². The third-order valence-electron chi connectivity index (χ3n) is 2.23. The van der Waals surface area contributed by atoms with Gasteiger partial charge in [0.05, 0.1) is 16.3 Å². The minimum atomic E-state index is -0.0178. The van der Waals surface area contributed by atoms with Crippen molar-refractivity contribution in [3.63, 3.8) is 0 Å². The first-order valence-corrected chi connectivity index (χ1v) is 5.85. The molecule has 1 N–H and O–H groups in total. The molecule has 4 nitrogen and oxygen atoms in total. The van der Waals surface area contributed by atoms with E-state index >= 15 is 0 Å². The molecular weight excluding hydrogens is 272 g/mol. The third-order valence-corrected chi connectivity index (χ3v) is 2.86. The Balaban J connectivity index is 2.43. The van der Waals surface area contributed by atoms with Crippen LogP contribution in [0.3, 0.4) is 0 Å². The van der Waals surface area contributed by atoms with Gasteiger partial charge in [-0.2, -0.15) is 0 Å². The zero-order chi connectivity index (χ0) is 12.0. The minimum Gasteiger partial charge on any atom is -0.382 e. The van der Waals surface area contributed by atoms with Crippen LogP contribution in [-0.2, 0) is 9.53 Å². The number of carbonyl (C=O) groups is 1. The summed E-state index contributed by atoms with van der Waals surface area (Å²) in [6.07, 6.45) is 4.55. The molecule has 1 atom stereocenters. The molecule has 0 bridgehead atoms. The number of halogens is 1. The lowest BCUT2D eigenvalue weighted by atomic mass is 10.2. The van der Waals surface area contributed by atoms with Crippen LogP contribution in [0.4, 0.5) is 5.69 Å². The van der Waals surface area contributed by atoms with Gasteiger partial charge in [0.15, 0.2) is 0 Å². The van der Waals surface area contributed by atoms with Crippen molar-refractivity contribution in [3.05, 3.63) is 22.9 Å². The molecule has 16 heavy (non-hydrogen) atoms. The van der Waals surface area contributed by atoms with E-state index in [0.29, 0.717) is 12.8 Å². The van der Waals surface area contributed by atoms with Gasteiger partial charge in [0.25, 0.3) is 0 Å². The number of rotatable bonds is 5. The second-order valence-corrected chi connectivity index (χ2v) is 4.34. The van der Waals surface area contributed by atoms with E-state index in [9.17, 15) is 4.79 Å². The lowest BCUT2D eigenvalue weighted by Crippen LogP contribution is -2.15. The van der Waals surface area contributed by atoms with E-state index in [2.05, 4.69) is 26.2 Å². The average Bonchev–Trinajstić information content (AvgIpc) is 2.29. The number of methoxy groups -OCH3 is 1. The zero-order valence-corrected chi connectivity index (χ0v) is 11.0. The van der Waals surface area contributed by atoms with Crippen LogP contribution in [-0.4, -0.2) is 24.1 Å². The summed E-state index contributed by atoms with van der Waals surface area (Å²) in [7, 11) is 1.64. The van der Waals surface area contributed by atoms with Crippen LogP contribution in [0.2, 0.25) is 0 Å². The topological polar surface area (TPSA) is 51.2 Å². The molecule has 5 heteroatoms. The molecule has 1 amide bonds. The number of nitrogens with zero attached hydrogens (tertiary/aromatic N) is 1. The van der Waals surface area contributed by atoms with Crippen LogP contribution >= 0.6 is 15.9 Å². The Labute approximate surface area is 104 Å². The molecule has 0 spiro atoms. The van der Waals surface area contributed by atoms with Gasteiger partial charge in [0, 0.05) is 25.9 Å². The summed E-state index contributed by atoms with van der Waals surface area (Å²) in [6, 6.07) is 1.75. The van der Waals surface area contributed by atoms with Gasteiger partial charge in [0.1, 0.15) is 0 Å². The van der Waals surface area contributed by atoms with Gasteiger partial charge < -0.3 is 10.1 Å². The van der Waals surface area contributed by atoms with Crippen LogP contribution in [0.1, 0.15) is 19.8 Å². The summed E-state index contributed by atoms with van der Waals surface area (Å²) in [5, 5.41) is 2.81. The highest BCUT2D eigenvalue weighted by Gasteiger charge is 2.07. The number of amides is 1. The normalized spacial score (nSPS) is 12.2. The largest absolute Gasteiger partial charge is 0.382 e. The Morgan fingerprint density at radius 3 is 3.06 bits per heavy atom. The molecule has 1 aromatic rings. The van der Waals surface area contributed by atoms with E-state index in [0.717, 1.165) is 10.2 Å². The molecule has 0 aliphatic rings. The van der Waals surface area contributed by atoms with Gasteiger partial charge >= 0.3 is 0 Å². The summed E-state index contributed by atoms with van der Waals surface area (Å²) in [6.45, 7) is 1.94. The van der Waals surface area contributed by atoms with E-state index in [1.165, 1.54) is 0 Å². The first-order chi connectivity index (χ1) is 7.63. The van der Waals surface area contributed by atoms with E-state index < -0.39 is 0 Å². The van der Waals surface area contributed by atoms with Crippen molar-refractivity contribution in [2.75, 3.05) is 12.4 Å². The molecule has 88 valence electrons. The van der Waals surface area contributed by atoms with Gasteiger partial charge in [-0.3, -0.25) is 9.78 Å². The standard InChI is InChI=1S/C11H15BrN2O2/c1-8(16-2)3-4-11(15)14-10-5-6-13-7-9(10)12/h5-8H,3-4H2,1-2H3,(H,13,14,15). The summed E-state index contributed by atoms with van der Waals surface area (Å²) in [5.41, 5.74) is 0.741. The average molecular weight is 287 g/mol. The number of aromatic nitrogens is 1. The fraction of sp³-hybridized carbons (Fsp3) is 0.455. The lowest BCUT2D eigenvalue weighted by Gasteiger charge is -2.10. The lowest BCUT2D eigenvalue weighted by molar-refractivity contribution is -0.116. The van der Waals surface area contributed by atoms with Gasteiger partial charge in [-0.05, 0) is 35.3 Å². The summed E-state index contributed by atoms with van der Waals surface area (Å²) in [4.78, 5) is 15.5. The summed E-state index contributed by atoms with van der Waals surface area (Å²) >= 11 is 3.32. The van der Waals surface area contributed by atoms with Crippen molar-refractivity contribution in [1.29, 1.82) is 0 Å². The molecule has 0 fully saturated rings. The maximum Gasteiger partial charge on any atom is 0.224 e. The molecular formula is C11H15BrN2O2. The Morgan fingerprint density at radius 2 is 2.44 bits per heavy atom. The molecule has 0 saturated carbocycles. The highest BCUT2D eigenvalue weighted by atomic mass is 79.9. The van der Waals surface area contributed by atoms with Crippen molar-refractivity contribution in [2.45, 2.75) is 25.9 Å². The van der Waals surface area contributed by atoms with Crippen LogP contribution in [0.15, 0.2) is 22.9 Å². The van der Waals surface area contributed by atoms with E-state index in [4.69, 9.17) is 4.74 Å². The number of hydrogen-bond acceptors (Lipinski definition) is 3. The Hall–Kier alpha value is -0.940. The Kier molecular flexibility index (Phi) is 5.42. The van der Waals surface area contributed by atoms with Crippen molar-refractivity contribution in [1.82, 2.24) is 4.98 Å². The van der Waals surface area contributed by atoms with Gasteiger partial charge in [-0.1, -0.05) is 0 Å². The number of ether oxygens (including phenoxy) is 1. The molecule has 1 unspecified atom stereocenters. The highest BCUT2D eigenvalue weighted by Crippen LogP contribution is 2.20. The fourth-order valence-electron chi connectivity index (χ4n) is 1.14. The summed E-state index contributed by atoms with van der Waals surface area (Å²) in [5.74, 6) is -0.0178.